The molecule has 1 aliphatic carbocycles. The highest BCUT2D eigenvalue weighted by Crippen LogP contribution is 2.43. The summed E-state index contributed by atoms with van der Waals surface area (Å²) < 4.78 is 0. The predicted molar refractivity (Wildman–Crippen MR) is 137 cm³/mol. The van der Waals surface area contributed by atoms with E-state index >= 15 is 0 Å². The maximum Gasteiger partial charge on any atom is 0.269 e. The van der Waals surface area contributed by atoms with Crippen molar-refractivity contribution in [3.05, 3.63) is 65.0 Å². The van der Waals surface area contributed by atoms with E-state index in [9.17, 15) is 4.79 Å². The summed E-state index contributed by atoms with van der Waals surface area (Å²) in [7, 11) is 0. The first kappa shape index (κ1) is 24.7. The van der Waals surface area contributed by atoms with E-state index in [2.05, 4.69) is 45.4 Å². The van der Waals surface area contributed by atoms with E-state index < -0.39 is 0 Å². The lowest BCUT2D eigenvalue weighted by Gasteiger charge is -2.14. The van der Waals surface area contributed by atoms with Crippen molar-refractivity contribution in [1.82, 2.24) is 30.5 Å². The molecule has 9 nitrogen and oxygen atoms in total. The van der Waals surface area contributed by atoms with E-state index in [-0.39, 0.29) is 11.6 Å². The Hall–Kier alpha value is -3.46. The zero-order valence-corrected chi connectivity index (χ0v) is 20.6. The number of amides is 1. The Kier molecular flexibility index (Phi) is 7.97. The van der Waals surface area contributed by atoms with Gasteiger partial charge in [0, 0.05) is 30.0 Å². The highest BCUT2D eigenvalue weighted by Gasteiger charge is 2.29. The minimum atomic E-state index is -0.371. The van der Waals surface area contributed by atoms with Crippen LogP contribution >= 0.6 is 0 Å². The molecule has 6 N–H and O–H groups in total. The fourth-order valence-corrected chi connectivity index (χ4v) is 4.25. The summed E-state index contributed by atoms with van der Waals surface area (Å²) in [6.07, 6.45) is 9.31. The van der Waals surface area contributed by atoms with Gasteiger partial charge in [0.25, 0.3) is 5.91 Å². The lowest BCUT2D eigenvalue weighted by atomic mass is 9.98. The Balaban J connectivity index is 1.26. The molecule has 0 aliphatic heterocycles. The number of aryl methyl sites for hydroxylation is 1. The number of aromatic nitrogens is 4. The van der Waals surface area contributed by atoms with E-state index in [0.29, 0.717) is 24.9 Å². The summed E-state index contributed by atoms with van der Waals surface area (Å²) >= 11 is 0. The van der Waals surface area contributed by atoms with E-state index in [0.717, 1.165) is 42.7 Å². The van der Waals surface area contributed by atoms with Crippen molar-refractivity contribution in [2.24, 2.45) is 17.5 Å². The van der Waals surface area contributed by atoms with Crippen molar-refractivity contribution in [2.45, 2.75) is 64.8 Å². The van der Waals surface area contributed by atoms with Crippen molar-refractivity contribution in [1.29, 1.82) is 0 Å². The molecule has 0 atom stereocenters. The molecule has 3 aromatic rings. The fraction of sp³-hybridized carbons (Fsp3) is 0.462. The number of carbonyl (C=O) groups excluding carboxylic acids is 1. The molecular weight excluding hydrogens is 440 g/mol. The fourth-order valence-electron chi connectivity index (χ4n) is 4.25. The van der Waals surface area contributed by atoms with Gasteiger partial charge in [-0.1, -0.05) is 19.9 Å². The molecule has 4 rings (SSSR count). The number of hydrazine groups is 1. The quantitative estimate of drug-likeness (QED) is 0.136. The Morgan fingerprint density at radius 2 is 2.09 bits per heavy atom. The van der Waals surface area contributed by atoms with Crippen LogP contribution in [-0.4, -0.2) is 37.6 Å². The standard InChI is InChI=1S/C26H36N8O/c1-17(2)13-21-22-14-19(32-33-25(22)31-24(21)18-9-10-18)7-4-6-12-34(28)16-23(27)26(35)30-15-20-8-3-5-11-29-20/h3,5,8,11,14,16-18H,4,6-7,9-10,12-13,15,27-28H2,1-2H3,(H,30,35)(H,31,33)/b23-16-. The van der Waals surface area contributed by atoms with Crippen LogP contribution in [0.3, 0.4) is 0 Å². The van der Waals surface area contributed by atoms with E-state index in [4.69, 9.17) is 11.6 Å². The average molecular weight is 477 g/mol. The number of nitrogens with zero attached hydrogens (tertiary/aromatic N) is 4. The van der Waals surface area contributed by atoms with Gasteiger partial charge in [-0.25, -0.2) is 5.84 Å². The maximum atomic E-state index is 12.2. The van der Waals surface area contributed by atoms with Gasteiger partial charge < -0.3 is 21.0 Å². The number of nitrogens with two attached hydrogens (primary N) is 2. The third kappa shape index (κ3) is 6.79. The zero-order chi connectivity index (χ0) is 24.8. The number of unbranched alkanes of at least 4 members (excludes halogenated alkanes) is 1. The van der Waals surface area contributed by atoms with Gasteiger partial charge in [-0.15, -0.1) is 5.10 Å². The average Bonchev–Trinajstić information content (AvgIpc) is 3.63. The molecular formula is C26H36N8O. The molecule has 0 unspecified atom stereocenters. The smallest absolute Gasteiger partial charge is 0.269 e. The van der Waals surface area contributed by atoms with Crippen molar-refractivity contribution in [3.63, 3.8) is 0 Å². The third-order valence-electron chi connectivity index (χ3n) is 6.17. The minimum absolute atomic E-state index is 0.0661. The van der Waals surface area contributed by atoms with Crippen LogP contribution in [0.25, 0.3) is 11.0 Å². The normalized spacial score (nSPS) is 14.0. The largest absolute Gasteiger partial charge is 0.393 e. The monoisotopic (exact) mass is 476 g/mol. The Labute approximate surface area is 206 Å². The number of pyridine rings is 1. The molecule has 1 saturated carbocycles. The molecule has 0 radical (unpaired) electrons. The summed E-state index contributed by atoms with van der Waals surface area (Å²) in [5.74, 6) is 6.91. The van der Waals surface area contributed by atoms with Crippen molar-refractivity contribution >= 4 is 16.9 Å². The van der Waals surface area contributed by atoms with Gasteiger partial charge in [-0.05, 0) is 74.1 Å². The van der Waals surface area contributed by atoms with Crippen molar-refractivity contribution in [3.8, 4) is 0 Å². The van der Waals surface area contributed by atoms with Crippen LogP contribution in [0.5, 0.6) is 0 Å². The van der Waals surface area contributed by atoms with Crippen LogP contribution in [0.4, 0.5) is 0 Å². The molecule has 35 heavy (non-hydrogen) atoms. The first-order valence-electron chi connectivity index (χ1n) is 12.4. The van der Waals surface area contributed by atoms with Crippen LogP contribution in [0.1, 0.15) is 68.1 Å². The molecule has 1 fully saturated rings. The van der Waals surface area contributed by atoms with Crippen LogP contribution in [0.15, 0.2) is 42.4 Å². The molecule has 1 amide bonds. The number of rotatable bonds is 12. The van der Waals surface area contributed by atoms with Gasteiger partial charge in [-0.3, -0.25) is 9.78 Å². The molecule has 186 valence electrons. The molecule has 9 heteroatoms. The second-order valence-electron chi connectivity index (χ2n) is 9.77. The lowest BCUT2D eigenvalue weighted by molar-refractivity contribution is -0.117. The van der Waals surface area contributed by atoms with Crippen LogP contribution in [-0.2, 0) is 24.2 Å². The second kappa shape index (κ2) is 11.3. The van der Waals surface area contributed by atoms with Gasteiger partial charge in [0.1, 0.15) is 5.70 Å². The molecule has 0 aromatic carbocycles. The molecule has 3 heterocycles. The Bertz CT molecular complexity index is 1170. The Morgan fingerprint density at radius 3 is 2.80 bits per heavy atom. The highest BCUT2D eigenvalue weighted by molar-refractivity contribution is 5.92. The molecule has 1 aliphatic rings. The highest BCUT2D eigenvalue weighted by atomic mass is 16.2. The summed E-state index contributed by atoms with van der Waals surface area (Å²) in [4.78, 5) is 19.9. The summed E-state index contributed by atoms with van der Waals surface area (Å²) in [5.41, 5.74) is 11.4. The summed E-state index contributed by atoms with van der Waals surface area (Å²) in [5, 5.41) is 14.3. The lowest BCUT2D eigenvalue weighted by Crippen LogP contribution is -2.33. The number of aromatic amines is 1. The first-order chi connectivity index (χ1) is 16.9. The summed E-state index contributed by atoms with van der Waals surface area (Å²) in [6, 6.07) is 7.73. The van der Waals surface area contributed by atoms with E-state index in [1.165, 1.54) is 40.7 Å². The van der Waals surface area contributed by atoms with Crippen molar-refractivity contribution in [2.75, 3.05) is 6.54 Å². The van der Waals surface area contributed by atoms with Crippen molar-refractivity contribution < 1.29 is 4.79 Å². The molecule has 0 bridgehead atoms. The number of hydrogen-bond donors (Lipinski definition) is 4. The van der Waals surface area contributed by atoms with E-state index in [1.807, 2.05) is 18.2 Å². The van der Waals surface area contributed by atoms with Crippen LogP contribution < -0.4 is 16.9 Å². The molecule has 0 saturated heterocycles. The van der Waals surface area contributed by atoms with Gasteiger partial charge in [0.15, 0.2) is 5.65 Å². The zero-order valence-electron chi connectivity index (χ0n) is 20.6. The Morgan fingerprint density at radius 1 is 1.26 bits per heavy atom. The minimum Gasteiger partial charge on any atom is -0.393 e. The first-order valence-corrected chi connectivity index (χ1v) is 12.4. The number of nitrogens with one attached hydrogen (secondary N) is 2. The number of H-pyrrole nitrogens is 1. The van der Waals surface area contributed by atoms with Gasteiger partial charge in [0.2, 0.25) is 0 Å². The number of hydrogen-bond acceptors (Lipinski definition) is 7. The van der Waals surface area contributed by atoms with Gasteiger partial charge in [-0.2, -0.15) is 5.10 Å². The van der Waals surface area contributed by atoms with E-state index in [1.54, 1.807) is 6.20 Å². The maximum absolute atomic E-state index is 12.2. The van der Waals surface area contributed by atoms with Gasteiger partial charge in [0.05, 0.1) is 17.9 Å². The molecule has 3 aromatic heterocycles. The van der Waals surface area contributed by atoms with Gasteiger partial charge >= 0.3 is 0 Å². The summed E-state index contributed by atoms with van der Waals surface area (Å²) in [6.45, 7) is 5.41. The second-order valence-corrected chi connectivity index (χ2v) is 9.77. The third-order valence-corrected chi connectivity index (χ3v) is 6.17. The number of fused-ring (bicyclic) bond motifs is 1. The number of carbonyl (C=O) groups is 1. The van der Waals surface area contributed by atoms with Crippen LogP contribution in [0, 0.1) is 5.92 Å². The topological polar surface area (TPSA) is 139 Å². The van der Waals surface area contributed by atoms with Crippen LogP contribution in [0.2, 0.25) is 0 Å². The SMILES string of the molecule is CC(C)Cc1c(C2CC2)[nH]c2nnc(CCCCN(N)/C=C(\N)C(=O)NCc3ccccn3)cc12. The molecule has 0 spiro atoms. The predicted octanol–water partition coefficient (Wildman–Crippen LogP) is 3.04.